The summed E-state index contributed by atoms with van der Waals surface area (Å²) >= 11 is 0. The molecule has 23 heavy (non-hydrogen) atoms. The Labute approximate surface area is 132 Å². The van der Waals surface area contributed by atoms with Gasteiger partial charge in [0.1, 0.15) is 11.3 Å². The fourth-order valence-electron chi connectivity index (χ4n) is 2.53. The van der Waals surface area contributed by atoms with Crippen molar-refractivity contribution in [1.82, 2.24) is 15.0 Å². The molecule has 0 spiro atoms. The van der Waals surface area contributed by atoms with E-state index in [-0.39, 0.29) is 6.79 Å². The molecule has 1 aromatic heterocycles. The summed E-state index contributed by atoms with van der Waals surface area (Å²) in [5.41, 5.74) is 8.21. The minimum Gasteiger partial charge on any atom is -0.491 e. The highest BCUT2D eigenvalue weighted by Crippen LogP contribution is 2.35. The zero-order chi connectivity index (χ0) is 15.6. The van der Waals surface area contributed by atoms with Crippen LogP contribution in [0.1, 0.15) is 6.42 Å². The Morgan fingerprint density at radius 3 is 2.87 bits per heavy atom. The number of nitrogens with zero attached hydrogens (tertiary/aromatic N) is 3. The Balaban J connectivity index is 1.41. The lowest BCUT2D eigenvalue weighted by Gasteiger charge is -2.08. The van der Waals surface area contributed by atoms with Crippen molar-refractivity contribution in [1.29, 1.82) is 0 Å². The van der Waals surface area contributed by atoms with Crippen LogP contribution in [0, 0.1) is 0 Å². The second-order valence-electron chi connectivity index (χ2n) is 5.25. The number of ether oxygens (including phenoxy) is 3. The smallest absolute Gasteiger partial charge is 0.231 e. The van der Waals surface area contributed by atoms with Gasteiger partial charge < -0.3 is 19.9 Å². The molecule has 4 rings (SSSR count). The third-order valence-corrected chi connectivity index (χ3v) is 3.70. The summed E-state index contributed by atoms with van der Waals surface area (Å²) in [6.07, 6.45) is 0.793. The number of nitrogens with two attached hydrogens (primary N) is 1. The molecule has 0 atom stereocenters. The molecule has 0 amide bonds. The largest absolute Gasteiger partial charge is 0.491 e. The molecule has 0 fully saturated rings. The van der Waals surface area contributed by atoms with E-state index in [1.807, 2.05) is 41.1 Å². The van der Waals surface area contributed by atoms with Gasteiger partial charge in [0.05, 0.1) is 17.8 Å². The molecule has 118 valence electrons. The summed E-state index contributed by atoms with van der Waals surface area (Å²) in [6.45, 7) is 1.50. The van der Waals surface area contributed by atoms with Crippen molar-refractivity contribution >= 4 is 16.7 Å². The lowest BCUT2D eigenvalue weighted by molar-refractivity contribution is 0.174. The number of nitrogen functional groups attached to an aromatic ring is 1. The Bertz CT molecular complexity index is 846. The van der Waals surface area contributed by atoms with E-state index in [1.165, 1.54) is 0 Å². The van der Waals surface area contributed by atoms with Crippen LogP contribution in [0.3, 0.4) is 0 Å². The molecule has 2 heterocycles. The quantitative estimate of drug-likeness (QED) is 0.574. The fourth-order valence-corrected chi connectivity index (χ4v) is 2.53. The van der Waals surface area contributed by atoms with E-state index in [2.05, 4.69) is 10.3 Å². The summed E-state index contributed by atoms with van der Waals surface area (Å²) in [5, 5.41) is 8.34. The highest BCUT2D eigenvalue weighted by Gasteiger charge is 2.17. The number of para-hydroxylation sites is 2. The van der Waals surface area contributed by atoms with Crippen LogP contribution in [0.2, 0.25) is 0 Å². The van der Waals surface area contributed by atoms with Gasteiger partial charge in [-0.25, -0.2) is 4.68 Å². The summed E-state index contributed by atoms with van der Waals surface area (Å²) in [4.78, 5) is 0. The molecule has 2 N–H and O–H groups in total. The molecule has 7 nitrogen and oxygen atoms in total. The molecule has 3 aromatic rings. The van der Waals surface area contributed by atoms with Crippen LogP contribution in [0.25, 0.3) is 11.0 Å². The summed E-state index contributed by atoms with van der Waals surface area (Å²) in [6, 6.07) is 11.2. The first kappa shape index (κ1) is 13.7. The maximum absolute atomic E-state index is 5.85. The molecular weight excluding hydrogens is 296 g/mol. The monoisotopic (exact) mass is 312 g/mol. The molecule has 2 aromatic carbocycles. The Morgan fingerprint density at radius 1 is 1.17 bits per heavy atom. The summed E-state index contributed by atoms with van der Waals surface area (Å²) in [5.74, 6) is 2.15. The van der Waals surface area contributed by atoms with Gasteiger partial charge in [0.15, 0.2) is 11.5 Å². The number of hydrogen-bond donors (Lipinski definition) is 1. The van der Waals surface area contributed by atoms with Gasteiger partial charge in [-0.3, -0.25) is 0 Å². The van der Waals surface area contributed by atoms with Crippen molar-refractivity contribution in [3.8, 4) is 17.2 Å². The van der Waals surface area contributed by atoms with Crippen molar-refractivity contribution in [3.63, 3.8) is 0 Å². The summed E-state index contributed by atoms with van der Waals surface area (Å²) in [7, 11) is 0. The third-order valence-electron chi connectivity index (χ3n) is 3.70. The van der Waals surface area contributed by atoms with E-state index in [1.54, 1.807) is 0 Å². The van der Waals surface area contributed by atoms with Gasteiger partial charge >= 0.3 is 0 Å². The van der Waals surface area contributed by atoms with Crippen molar-refractivity contribution in [2.45, 2.75) is 13.0 Å². The number of benzene rings is 2. The minimum absolute atomic E-state index is 0.252. The molecule has 1 aliphatic rings. The molecule has 1 aliphatic heterocycles. The van der Waals surface area contributed by atoms with E-state index in [0.29, 0.717) is 30.3 Å². The van der Waals surface area contributed by atoms with Gasteiger partial charge in [0.2, 0.25) is 6.79 Å². The van der Waals surface area contributed by atoms with Gasteiger partial charge in [0, 0.05) is 25.1 Å². The first-order chi connectivity index (χ1) is 11.3. The first-order valence-corrected chi connectivity index (χ1v) is 7.41. The molecule has 0 saturated heterocycles. The number of aromatic nitrogens is 3. The fraction of sp³-hybridized carbons (Fsp3) is 0.250. The standard InChI is InChI=1S/C16H16N4O3/c17-11-4-1-2-5-14(11)21-7-3-6-20-13-9-16-15(22-10-23-16)8-12(13)18-19-20/h1-2,4-5,8-9H,3,6-7,10,17H2. The zero-order valence-electron chi connectivity index (χ0n) is 12.4. The predicted molar refractivity (Wildman–Crippen MR) is 84.6 cm³/mol. The number of anilines is 1. The van der Waals surface area contributed by atoms with Crippen LogP contribution < -0.4 is 19.9 Å². The van der Waals surface area contributed by atoms with E-state index in [9.17, 15) is 0 Å². The maximum Gasteiger partial charge on any atom is 0.231 e. The molecule has 0 bridgehead atoms. The van der Waals surface area contributed by atoms with Gasteiger partial charge in [0.25, 0.3) is 0 Å². The van der Waals surface area contributed by atoms with Crippen LogP contribution in [-0.2, 0) is 6.54 Å². The van der Waals surface area contributed by atoms with Gasteiger partial charge in [-0.15, -0.1) is 5.10 Å². The third kappa shape index (κ3) is 2.61. The second kappa shape index (κ2) is 5.68. The zero-order valence-corrected chi connectivity index (χ0v) is 12.4. The number of hydrogen-bond acceptors (Lipinski definition) is 6. The van der Waals surface area contributed by atoms with Crippen molar-refractivity contribution in [2.75, 3.05) is 19.1 Å². The normalized spacial score (nSPS) is 12.7. The van der Waals surface area contributed by atoms with Crippen molar-refractivity contribution in [3.05, 3.63) is 36.4 Å². The molecular formula is C16H16N4O3. The van der Waals surface area contributed by atoms with E-state index >= 15 is 0 Å². The van der Waals surface area contributed by atoms with Crippen LogP contribution in [-0.4, -0.2) is 28.4 Å². The van der Waals surface area contributed by atoms with Crippen molar-refractivity contribution < 1.29 is 14.2 Å². The average Bonchev–Trinajstić information content (AvgIpc) is 3.17. The molecule has 0 unspecified atom stereocenters. The second-order valence-corrected chi connectivity index (χ2v) is 5.25. The molecule has 0 radical (unpaired) electrons. The molecule has 0 saturated carbocycles. The van der Waals surface area contributed by atoms with E-state index in [4.69, 9.17) is 19.9 Å². The van der Waals surface area contributed by atoms with Crippen LogP contribution >= 0.6 is 0 Å². The van der Waals surface area contributed by atoms with Crippen LogP contribution in [0.5, 0.6) is 17.2 Å². The Hall–Kier alpha value is -2.96. The van der Waals surface area contributed by atoms with Crippen LogP contribution in [0.4, 0.5) is 5.69 Å². The SMILES string of the molecule is Nc1ccccc1OCCCn1nnc2cc3c(cc21)OCO3. The highest BCUT2D eigenvalue weighted by atomic mass is 16.7. The molecule has 0 aliphatic carbocycles. The van der Waals surface area contributed by atoms with Crippen molar-refractivity contribution in [2.24, 2.45) is 0 Å². The number of aryl methyl sites for hydroxylation is 1. The number of rotatable bonds is 5. The first-order valence-electron chi connectivity index (χ1n) is 7.41. The van der Waals surface area contributed by atoms with E-state index in [0.717, 1.165) is 23.2 Å². The highest BCUT2D eigenvalue weighted by molar-refractivity contribution is 5.79. The van der Waals surface area contributed by atoms with Crippen LogP contribution in [0.15, 0.2) is 36.4 Å². The number of fused-ring (bicyclic) bond motifs is 2. The van der Waals surface area contributed by atoms with Gasteiger partial charge in [-0.1, -0.05) is 17.3 Å². The lowest BCUT2D eigenvalue weighted by Crippen LogP contribution is -2.06. The van der Waals surface area contributed by atoms with Gasteiger partial charge in [-0.05, 0) is 12.1 Å². The minimum atomic E-state index is 0.252. The lowest BCUT2D eigenvalue weighted by atomic mass is 10.2. The molecule has 7 heteroatoms. The van der Waals surface area contributed by atoms with E-state index < -0.39 is 0 Å². The average molecular weight is 312 g/mol. The van der Waals surface area contributed by atoms with Gasteiger partial charge in [-0.2, -0.15) is 0 Å². The summed E-state index contributed by atoms with van der Waals surface area (Å²) < 4.78 is 18.3. The maximum atomic E-state index is 5.85. The Morgan fingerprint density at radius 2 is 2.00 bits per heavy atom. The topological polar surface area (TPSA) is 84.4 Å². The predicted octanol–water partition coefficient (Wildman–Crippen LogP) is 2.21. The Kier molecular flexibility index (Phi) is 3.38.